The van der Waals surface area contributed by atoms with Crippen LogP contribution in [0.25, 0.3) is 0 Å². The van der Waals surface area contributed by atoms with Crippen molar-refractivity contribution >= 4 is 35.0 Å². The molecule has 6 nitrogen and oxygen atoms in total. The van der Waals surface area contributed by atoms with Crippen LogP contribution in [0.5, 0.6) is 0 Å². The fourth-order valence-electron chi connectivity index (χ4n) is 2.66. The Hall–Kier alpha value is -2.28. The summed E-state index contributed by atoms with van der Waals surface area (Å²) in [5.74, 6) is 1.86. The summed E-state index contributed by atoms with van der Waals surface area (Å²) < 4.78 is 0. The minimum Gasteiger partial charge on any atom is -0.383 e. The molecule has 1 amide bonds. The molecule has 0 saturated carbocycles. The van der Waals surface area contributed by atoms with Gasteiger partial charge in [0, 0.05) is 23.9 Å². The van der Waals surface area contributed by atoms with Gasteiger partial charge >= 0.3 is 0 Å². The molecule has 0 fully saturated rings. The lowest BCUT2D eigenvalue weighted by molar-refractivity contribution is -0.115. The van der Waals surface area contributed by atoms with Crippen LogP contribution < -0.4 is 16.8 Å². The average molecular weight is 374 g/mol. The van der Waals surface area contributed by atoms with E-state index in [-0.39, 0.29) is 5.91 Å². The van der Waals surface area contributed by atoms with E-state index in [1.807, 2.05) is 0 Å². The zero-order chi connectivity index (χ0) is 19.3. The van der Waals surface area contributed by atoms with Crippen LogP contribution in [-0.4, -0.2) is 21.6 Å². The van der Waals surface area contributed by atoms with Gasteiger partial charge in [0.25, 0.3) is 0 Å². The van der Waals surface area contributed by atoms with Gasteiger partial charge in [0.05, 0.1) is 0 Å². The first-order valence-electron chi connectivity index (χ1n) is 8.73. The number of carbonyl (C=O) groups is 1. The van der Waals surface area contributed by atoms with Gasteiger partial charge in [-0.05, 0) is 23.0 Å². The van der Waals surface area contributed by atoms with Crippen molar-refractivity contribution in [2.24, 2.45) is 0 Å². The highest BCUT2D eigenvalue weighted by molar-refractivity contribution is 7.99. The van der Waals surface area contributed by atoms with Crippen molar-refractivity contribution in [1.82, 2.24) is 9.97 Å². The van der Waals surface area contributed by atoms with E-state index < -0.39 is 0 Å². The van der Waals surface area contributed by atoms with Crippen molar-refractivity contribution in [3.8, 4) is 0 Å². The first-order valence-corrected chi connectivity index (χ1v) is 9.72. The number of para-hydroxylation sites is 1. The van der Waals surface area contributed by atoms with E-state index in [9.17, 15) is 4.79 Å². The van der Waals surface area contributed by atoms with Crippen molar-refractivity contribution < 1.29 is 4.79 Å². The first-order chi connectivity index (χ1) is 12.3. The number of carbonyl (C=O) groups excluding carboxylic acids is 1. The Morgan fingerprint density at radius 1 is 1.08 bits per heavy atom. The molecule has 0 unspecified atom stereocenters. The molecule has 5 N–H and O–H groups in total. The van der Waals surface area contributed by atoms with E-state index in [0.29, 0.717) is 40.8 Å². The van der Waals surface area contributed by atoms with Crippen LogP contribution in [-0.2, 0) is 4.79 Å². The summed E-state index contributed by atoms with van der Waals surface area (Å²) in [5.41, 5.74) is 14.6. The molecule has 1 heterocycles. The Morgan fingerprint density at radius 3 is 2.12 bits per heavy atom. The third kappa shape index (κ3) is 5.36. The second-order valence-electron chi connectivity index (χ2n) is 6.77. The number of rotatable bonds is 7. The Labute approximate surface area is 159 Å². The van der Waals surface area contributed by atoms with Crippen LogP contribution in [0, 0.1) is 0 Å². The summed E-state index contributed by atoms with van der Waals surface area (Å²) in [7, 11) is 0. The molecule has 0 atom stereocenters. The van der Waals surface area contributed by atoms with Crippen molar-refractivity contribution in [3.63, 3.8) is 0 Å². The number of benzene rings is 1. The molecule has 26 heavy (non-hydrogen) atoms. The summed E-state index contributed by atoms with van der Waals surface area (Å²) >= 11 is 1.37. The highest BCUT2D eigenvalue weighted by Crippen LogP contribution is 2.32. The van der Waals surface area contributed by atoms with Crippen LogP contribution >= 0.6 is 11.8 Å². The lowest BCUT2D eigenvalue weighted by atomic mass is 9.92. The van der Waals surface area contributed by atoms with Crippen molar-refractivity contribution in [2.75, 3.05) is 22.5 Å². The van der Waals surface area contributed by atoms with E-state index in [2.05, 4.69) is 61.2 Å². The molecule has 0 spiro atoms. The molecule has 0 radical (unpaired) electrons. The third-order valence-corrected chi connectivity index (χ3v) is 4.79. The fraction of sp³-hybridized carbons (Fsp3) is 0.421. The van der Waals surface area contributed by atoms with Gasteiger partial charge in [-0.3, -0.25) is 4.79 Å². The van der Waals surface area contributed by atoms with Crippen LogP contribution in [0.1, 0.15) is 57.1 Å². The van der Waals surface area contributed by atoms with Gasteiger partial charge in [-0.2, -0.15) is 0 Å². The smallest absolute Gasteiger partial charge is 0.225 e. The molecular formula is C19H27N5OS. The minimum absolute atomic E-state index is 0.0237. The Morgan fingerprint density at radius 2 is 1.62 bits per heavy atom. The van der Waals surface area contributed by atoms with Gasteiger partial charge in [0.2, 0.25) is 5.91 Å². The molecule has 140 valence electrons. The Balaban J connectivity index is 2.03. The number of nitrogens with one attached hydrogen (secondary N) is 1. The van der Waals surface area contributed by atoms with Crippen LogP contribution in [0.2, 0.25) is 0 Å². The largest absolute Gasteiger partial charge is 0.383 e. The van der Waals surface area contributed by atoms with Gasteiger partial charge in [-0.15, -0.1) is 0 Å². The number of nitrogens with zero attached hydrogens (tertiary/aromatic N) is 2. The quantitative estimate of drug-likeness (QED) is 0.500. The third-order valence-electron chi connectivity index (χ3n) is 3.94. The fourth-order valence-corrected chi connectivity index (χ4v) is 3.47. The van der Waals surface area contributed by atoms with Crippen LogP contribution in [0.4, 0.5) is 17.3 Å². The summed E-state index contributed by atoms with van der Waals surface area (Å²) in [5, 5.41) is 3.60. The summed E-state index contributed by atoms with van der Waals surface area (Å²) in [6.45, 7) is 8.53. The predicted molar refractivity (Wildman–Crippen MR) is 109 cm³/mol. The second kappa shape index (κ2) is 8.89. The van der Waals surface area contributed by atoms with E-state index in [4.69, 9.17) is 11.5 Å². The lowest BCUT2D eigenvalue weighted by Gasteiger charge is -2.20. The van der Waals surface area contributed by atoms with Crippen LogP contribution in [0.3, 0.4) is 0 Å². The number of nitrogens with two attached hydrogens (primary N) is 2. The molecular weight excluding hydrogens is 346 g/mol. The molecule has 1 aromatic carbocycles. The standard InChI is InChI=1S/C19H27N5OS/c1-11(2)13-6-5-7-14(12(3)4)18(13)24-17(25)8-9-26-19-22-15(20)10-16(21)23-19/h5-7,10-12H,8-9H2,1-4H3,(H,24,25)(H4,20,21,22,23). The maximum absolute atomic E-state index is 12.5. The Bertz CT molecular complexity index is 730. The topological polar surface area (TPSA) is 107 Å². The Kier molecular flexibility index (Phi) is 6.85. The number of hydrogen-bond acceptors (Lipinski definition) is 6. The summed E-state index contributed by atoms with van der Waals surface area (Å²) in [4.78, 5) is 20.7. The minimum atomic E-state index is -0.0237. The highest BCUT2D eigenvalue weighted by Gasteiger charge is 2.16. The van der Waals surface area contributed by atoms with E-state index in [0.717, 1.165) is 16.8 Å². The maximum atomic E-state index is 12.5. The predicted octanol–water partition coefficient (Wildman–Crippen LogP) is 4.01. The molecule has 0 aliphatic rings. The van der Waals surface area contributed by atoms with Gasteiger partial charge in [0.15, 0.2) is 5.16 Å². The number of anilines is 3. The molecule has 0 aliphatic heterocycles. The summed E-state index contributed by atoms with van der Waals surface area (Å²) in [6.07, 6.45) is 0.354. The van der Waals surface area contributed by atoms with E-state index in [1.165, 1.54) is 17.8 Å². The monoisotopic (exact) mass is 373 g/mol. The number of amides is 1. The number of hydrogen-bond donors (Lipinski definition) is 3. The lowest BCUT2D eigenvalue weighted by Crippen LogP contribution is -2.16. The van der Waals surface area contributed by atoms with Gasteiger partial charge in [-0.25, -0.2) is 9.97 Å². The molecule has 2 rings (SSSR count). The molecule has 7 heteroatoms. The van der Waals surface area contributed by atoms with Crippen molar-refractivity contribution in [3.05, 3.63) is 35.4 Å². The number of nitrogen functional groups attached to an aromatic ring is 2. The normalized spacial score (nSPS) is 11.2. The molecule has 1 aromatic heterocycles. The first kappa shape index (κ1) is 20.0. The van der Waals surface area contributed by atoms with E-state index in [1.54, 1.807) is 0 Å². The zero-order valence-corrected chi connectivity index (χ0v) is 16.6. The molecule has 2 aromatic rings. The van der Waals surface area contributed by atoms with Gasteiger partial charge in [0.1, 0.15) is 11.6 Å². The molecule has 0 bridgehead atoms. The second-order valence-corrected chi connectivity index (χ2v) is 7.83. The van der Waals surface area contributed by atoms with Gasteiger partial charge < -0.3 is 16.8 Å². The van der Waals surface area contributed by atoms with E-state index >= 15 is 0 Å². The molecule has 0 saturated heterocycles. The van der Waals surface area contributed by atoms with Crippen LogP contribution in [0.15, 0.2) is 29.4 Å². The highest BCUT2D eigenvalue weighted by atomic mass is 32.2. The number of thioether (sulfide) groups is 1. The van der Waals surface area contributed by atoms with Crippen molar-refractivity contribution in [2.45, 2.75) is 51.1 Å². The van der Waals surface area contributed by atoms with Gasteiger partial charge in [-0.1, -0.05) is 57.7 Å². The number of aromatic nitrogens is 2. The average Bonchev–Trinajstić information content (AvgIpc) is 2.53. The van der Waals surface area contributed by atoms with Crippen molar-refractivity contribution in [1.29, 1.82) is 0 Å². The zero-order valence-electron chi connectivity index (χ0n) is 15.7. The maximum Gasteiger partial charge on any atom is 0.225 e. The molecule has 0 aliphatic carbocycles. The SMILES string of the molecule is CC(C)c1cccc(C(C)C)c1NC(=O)CCSc1nc(N)cc(N)n1. The summed E-state index contributed by atoms with van der Waals surface area (Å²) in [6, 6.07) is 7.71.